The smallest absolute Gasteiger partial charge is 0.0774 e. The molecule has 1 saturated carbocycles. The Labute approximate surface area is 164 Å². The van der Waals surface area contributed by atoms with E-state index >= 15 is 0 Å². The maximum absolute atomic E-state index is 9.19. The van der Waals surface area contributed by atoms with Crippen molar-refractivity contribution < 1.29 is 0 Å². The topological polar surface area (TPSA) is 96.4 Å². The van der Waals surface area contributed by atoms with Gasteiger partial charge < -0.3 is 5.73 Å². The summed E-state index contributed by atoms with van der Waals surface area (Å²) < 4.78 is 1.96. The van der Waals surface area contributed by atoms with E-state index in [1.807, 2.05) is 29.0 Å². The van der Waals surface area contributed by atoms with Gasteiger partial charge in [0.1, 0.15) is 0 Å². The van der Waals surface area contributed by atoms with Crippen LogP contribution in [-0.4, -0.2) is 9.61 Å². The number of rotatable bonds is 4. The van der Waals surface area contributed by atoms with Crippen LogP contribution in [0.25, 0.3) is 16.6 Å². The number of nitrogens with two attached hydrogens (primary N) is 2. The summed E-state index contributed by atoms with van der Waals surface area (Å²) in [4.78, 5) is 0. The van der Waals surface area contributed by atoms with Crippen molar-refractivity contribution in [2.45, 2.75) is 31.6 Å². The van der Waals surface area contributed by atoms with E-state index in [9.17, 15) is 5.26 Å². The Bertz CT molecular complexity index is 1020. The van der Waals surface area contributed by atoms with Gasteiger partial charge in [-0.1, -0.05) is 18.2 Å². The summed E-state index contributed by atoms with van der Waals surface area (Å²) in [5.41, 5.74) is 11.0. The number of nitrogens with zero attached hydrogens (tertiary/aromatic N) is 4. The number of fused-ring (bicyclic) bond motifs is 1. The van der Waals surface area contributed by atoms with Crippen molar-refractivity contribution >= 4 is 11.2 Å². The average molecular weight is 372 g/mol. The molecule has 0 atom stereocenters. The van der Waals surface area contributed by atoms with Crippen LogP contribution in [-0.2, 0) is 0 Å². The second-order valence-electron chi connectivity index (χ2n) is 7.29. The quantitative estimate of drug-likeness (QED) is 0.535. The van der Waals surface area contributed by atoms with E-state index in [2.05, 4.69) is 35.4 Å². The highest BCUT2D eigenvalue weighted by atomic mass is 15.4. The molecule has 0 unspecified atom stereocenters. The molecule has 0 saturated heterocycles. The van der Waals surface area contributed by atoms with Crippen LogP contribution in [0, 0.1) is 17.2 Å². The fraction of sp³-hybridized carbons (Fsp3) is 0.273. The zero-order chi connectivity index (χ0) is 19.5. The number of nitriles is 1. The summed E-state index contributed by atoms with van der Waals surface area (Å²) in [6.45, 7) is 0. The molecule has 4 rings (SSSR count). The molecule has 0 aliphatic heterocycles. The number of anilines is 1. The lowest BCUT2D eigenvalue weighted by molar-refractivity contribution is 0.383. The largest absolute Gasteiger partial charge is 0.403 e. The second-order valence-corrected chi connectivity index (χ2v) is 7.29. The molecule has 1 fully saturated rings. The molecule has 6 nitrogen and oxygen atoms in total. The molecule has 1 aliphatic rings. The summed E-state index contributed by atoms with van der Waals surface area (Å²) in [6.07, 6.45) is 11.0. The number of benzene rings is 1. The van der Waals surface area contributed by atoms with Gasteiger partial charge in [0, 0.05) is 30.1 Å². The first-order valence-electron chi connectivity index (χ1n) is 9.60. The van der Waals surface area contributed by atoms with Crippen molar-refractivity contribution in [1.29, 1.82) is 5.26 Å². The zero-order valence-corrected chi connectivity index (χ0v) is 15.7. The highest BCUT2D eigenvalue weighted by Gasteiger charge is 2.25. The van der Waals surface area contributed by atoms with Gasteiger partial charge in [-0.15, -0.1) is 0 Å². The average Bonchev–Trinajstić information content (AvgIpc) is 3.18. The standard InChI is InChI=1S/C22H24N6/c23-11-13-27(25)19-9-7-18(8-10-19)21-15-26-28-12-1-2-20(22(21)28)17-5-3-16(14-24)4-6-17/h1-2,7-13,15-17H,3-6,23,25H2/b13-11-. The Balaban J connectivity index is 1.70. The molecule has 2 aromatic heterocycles. The van der Waals surface area contributed by atoms with Gasteiger partial charge in [-0.2, -0.15) is 10.4 Å². The van der Waals surface area contributed by atoms with Gasteiger partial charge in [0.25, 0.3) is 0 Å². The molecule has 0 bridgehead atoms. The van der Waals surface area contributed by atoms with E-state index in [-0.39, 0.29) is 5.92 Å². The first kappa shape index (κ1) is 18.1. The van der Waals surface area contributed by atoms with Gasteiger partial charge in [-0.05, 0) is 60.9 Å². The molecule has 0 amide bonds. The van der Waals surface area contributed by atoms with Crippen molar-refractivity contribution in [2.24, 2.45) is 17.5 Å². The van der Waals surface area contributed by atoms with Crippen LogP contribution in [0.5, 0.6) is 0 Å². The van der Waals surface area contributed by atoms with Crippen molar-refractivity contribution in [3.63, 3.8) is 0 Å². The summed E-state index contributed by atoms with van der Waals surface area (Å²) >= 11 is 0. The molecule has 2 heterocycles. The number of pyridine rings is 1. The summed E-state index contributed by atoms with van der Waals surface area (Å²) in [7, 11) is 0. The minimum absolute atomic E-state index is 0.203. The molecule has 3 aromatic rings. The third-order valence-corrected chi connectivity index (χ3v) is 5.64. The summed E-state index contributed by atoms with van der Waals surface area (Å²) in [6, 6.07) is 14.7. The van der Waals surface area contributed by atoms with Crippen LogP contribution in [0.1, 0.15) is 37.2 Å². The Morgan fingerprint density at radius 2 is 1.89 bits per heavy atom. The van der Waals surface area contributed by atoms with Crippen LogP contribution in [0.4, 0.5) is 5.69 Å². The minimum atomic E-state index is 0.203. The van der Waals surface area contributed by atoms with Crippen LogP contribution in [0.15, 0.2) is 61.2 Å². The van der Waals surface area contributed by atoms with Crippen molar-refractivity contribution in [2.75, 3.05) is 5.01 Å². The SMILES string of the molecule is N#CC1CCC(c2cccn3ncc(-c4ccc(N(N)/C=C\N)cc4)c23)CC1. The summed E-state index contributed by atoms with van der Waals surface area (Å²) in [5, 5.41) is 15.2. The normalized spacial score (nSPS) is 19.7. The van der Waals surface area contributed by atoms with E-state index in [4.69, 9.17) is 11.6 Å². The molecular formula is C22H24N6. The molecule has 28 heavy (non-hydrogen) atoms. The van der Waals surface area contributed by atoms with E-state index in [1.54, 1.807) is 6.20 Å². The van der Waals surface area contributed by atoms with E-state index in [0.29, 0.717) is 5.92 Å². The lowest BCUT2D eigenvalue weighted by atomic mass is 9.78. The van der Waals surface area contributed by atoms with Gasteiger partial charge in [-0.3, -0.25) is 5.01 Å². The first-order chi connectivity index (χ1) is 13.7. The van der Waals surface area contributed by atoms with Crippen LogP contribution in [0.2, 0.25) is 0 Å². The molecule has 1 aliphatic carbocycles. The lowest BCUT2D eigenvalue weighted by Gasteiger charge is -2.25. The molecule has 1 aromatic carbocycles. The number of hydrazine groups is 1. The Morgan fingerprint density at radius 3 is 2.57 bits per heavy atom. The highest BCUT2D eigenvalue weighted by Crippen LogP contribution is 2.39. The van der Waals surface area contributed by atoms with Gasteiger partial charge in [0.2, 0.25) is 0 Å². The molecule has 4 N–H and O–H groups in total. The number of aromatic nitrogens is 2. The zero-order valence-electron chi connectivity index (χ0n) is 15.7. The van der Waals surface area contributed by atoms with E-state index in [0.717, 1.165) is 48.0 Å². The molecule has 0 radical (unpaired) electrons. The second kappa shape index (κ2) is 7.75. The number of hydrogen-bond acceptors (Lipinski definition) is 5. The maximum Gasteiger partial charge on any atom is 0.0774 e. The van der Waals surface area contributed by atoms with Crippen molar-refractivity contribution in [3.05, 3.63) is 66.8 Å². The van der Waals surface area contributed by atoms with Crippen molar-refractivity contribution in [3.8, 4) is 17.2 Å². The van der Waals surface area contributed by atoms with Gasteiger partial charge in [0.15, 0.2) is 0 Å². The minimum Gasteiger partial charge on any atom is -0.403 e. The molecular weight excluding hydrogens is 348 g/mol. The first-order valence-corrected chi connectivity index (χ1v) is 9.60. The van der Waals surface area contributed by atoms with Crippen molar-refractivity contribution in [1.82, 2.24) is 9.61 Å². The van der Waals surface area contributed by atoms with Crippen LogP contribution >= 0.6 is 0 Å². The fourth-order valence-corrected chi connectivity index (χ4v) is 4.14. The third-order valence-electron chi connectivity index (χ3n) is 5.64. The van der Waals surface area contributed by atoms with Crippen LogP contribution in [0.3, 0.4) is 0 Å². The predicted molar refractivity (Wildman–Crippen MR) is 111 cm³/mol. The lowest BCUT2D eigenvalue weighted by Crippen LogP contribution is -2.24. The fourth-order valence-electron chi connectivity index (χ4n) is 4.14. The number of hydrogen-bond donors (Lipinski definition) is 2. The molecule has 142 valence electrons. The molecule has 0 spiro atoms. The predicted octanol–water partition coefficient (Wildman–Crippen LogP) is 3.91. The molecule has 6 heteroatoms. The highest BCUT2D eigenvalue weighted by molar-refractivity contribution is 5.83. The van der Waals surface area contributed by atoms with Crippen LogP contribution < -0.4 is 16.6 Å². The van der Waals surface area contributed by atoms with E-state index < -0.39 is 0 Å². The van der Waals surface area contributed by atoms with Gasteiger partial charge in [0.05, 0.1) is 23.5 Å². The van der Waals surface area contributed by atoms with Gasteiger partial charge in [-0.25, -0.2) is 10.4 Å². The van der Waals surface area contributed by atoms with E-state index in [1.165, 1.54) is 16.8 Å². The maximum atomic E-state index is 9.19. The summed E-state index contributed by atoms with van der Waals surface area (Å²) in [5.74, 6) is 6.61. The third kappa shape index (κ3) is 3.32. The van der Waals surface area contributed by atoms with Gasteiger partial charge >= 0.3 is 0 Å². The Morgan fingerprint density at radius 1 is 1.14 bits per heavy atom. The Kier molecular flexibility index (Phi) is 5.00. The monoisotopic (exact) mass is 372 g/mol. The Hall–Kier alpha value is -3.30.